The standard InChI is InChI=1S/C21H28N4O4S/c1-3-17(26)24-20-23-15-12-14(8-9-16(15)30-20)22-19(28)25-21(10-6-5-7-11-21)13-18(27)29-4-2/h8-9,12H,3-7,10-11,13H2,1-2H3,(H2,22,25,28)(H,23,24,26). The van der Waals surface area contributed by atoms with Gasteiger partial charge in [-0.3, -0.25) is 9.59 Å². The van der Waals surface area contributed by atoms with E-state index in [9.17, 15) is 14.4 Å². The van der Waals surface area contributed by atoms with Crippen LogP contribution in [0, 0.1) is 0 Å². The molecule has 0 bridgehead atoms. The third kappa shape index (κ3) is 5.69. The second-order valence-corrected chi connectivity index (χ2v) is 8.54. The van der Waals surface area contributed by atoms with Crippen molar-refractivity contribution in [2.24, 2.45) is 0 Å². The number of anilines is 2. The van der Waals surface area contributed by atoms with Gasteiger partial charge in [-0.1, -0.05) is 37.5 Å². The number of fused-ring (bicyclic) bond motifs is 1. The van der Waals surface area contributed by atoms with Crippen molar-refractivity contribution >= 4 is 50.3 Å². The zero-order chi connectivity index (χ0) is 21.6. The molecule has 3 N–H and O–H groups in total. The van der Waals surface area contributed by atoms with Crippen molar-refractivity contribution in [2.45, 2.75) is 64.3 Å². The Labute approximate surface area is 179 Å². The minimum Gasteiger partial charge on any atom is -0.466 e. The Balaban J connectivity index is 1.68. The highest BCUT2D eigenvalue weighted by molar-refractivity contribution is 7.22. The molecule has 1 heterocycles. The number of esters is 1. The third-order valence-electron chi connectivity index (χ3n) is 5.19. The van der Waals surface area contributed by atoms with Crippen molar-refractivity contribution in [3.05, 3.63) is 18.2 Å². The fraction of sp³-hybridized carbons (Fsp3) is 0.524. The second-order valence-electron chi connectivity index (χ2n) is 7.51. The van der Waals surface area contributed by atoms with E-state index < -0.39 is 5.54 Å². The lowest BCUT2D eigenvalue weighted by atomic mass is 9.79. The zero-order valence-corrected chi connectivity index (χ0v) is 18.2. The molecule has 1 aromatic heterocycles. The molecule has 1 aliphatic rings. The summed E-state index contributed by atoms with van der Waals surface area (Å²) in [7, 11) is 0. The summed E-state index contributed by atoms with van der Waals surface area (Å²) in [5, 5.41) is 9.17. The summed E-state index contributed by atoms with van der Waals surface area (Å²) < 4.78 is 6.02. The number of nitrogens with one attached hydrogen (secondary N) is 3. The van der Waals surface area contributed by atoms with Gasteiger partial charge in [0.05, 0.1) is 28.8 Å². The quantitative estimate of drug-likeness (QED) is 0.561. The fourth-order valence-electron chi connectivity index (χ4n) is 3.73. The summed E-state index contributed by atoms with van der Waals surface area (Å²) in [6, 6.07) is 5.07. The number of carbonyl (C=O) groups excluding carboxylic acids is 3. The highest BCUT2D eigenvalue weighted by Gasteiger charge is 2.36. The zero-order valence-electron chi connectivity index (χ0n) is 17.4. The summed E-state index contributed by atoms with van der Waals surface area (Å²) in [5.74, 6) is -0.378. The number of benzene rings is 1. The molecule has 162 valence electrons. The molecule has 1 saturated carbocycles. The van der Waals surface area contributed by atoms with E-state index in [0.717, 1.165) is 36.8 Å². The van der Waals surface area contributed by atoms with Gasteiger partial charge in [0.2, 0.25) is 5.91 Å². The van der Waals surface area contributed by atoms with Crippen LogP contribution in [0.5, 0.6) is 0 Å². The third-order valence-corrected chi connectivity index (χ3v) is 6.14. The molecular formula is C21H28N4O4S. The number of hydrogen-bond acceptors (Lipinski definition) is 6. The minimum absolute atomic E-state index is 0.0915. The molecule has 0 unspecified atom stereocenters. The first-order chi connectivity index (χ1) is 14.4. The topological polar surface area (TPSA) is 109 Å². The van der Waals surface area contributed by atoms with Gasteiger partial charge in [-0.05, 0) is 38.0 Å². The number of nitrogens with zero attached hydrogens (tertiary/aromatic N) is 1. The van der Waals surface area contributed by atoms with Gasteiger partial charge in [0.25, 0.3) is 0 Å². The molecule has 1 fully saturated rings. The largest absolute Gasteiger partial charge is 0.466 e. The summed E-state index contributed by atoms with van der Waals surface area (Å²) >= 11 is 1.39. The highest BCUT2D eigenvalue weighted by atomic mass is 32.1. The van der Waals surface area contributed by atoms with Crippen LogP contribution in [0.3, 0.4) is 0 Å². The molecule has 8 nitrogen and oxygen atoms in total. The van der Waals surface area contributed by atoms with Crippen molar-refractivity contribution in [2.75, 3.05) is 17.2 Å². The Morgan fingerprint density at radius 1 is 1.13 bits per heavy atom. The molecule has 2 aromatic rings. The maximum Gasteiger partial charge on any atom is 0.319 e. The highest BCUT2D eigenvalue weighted by Crippen LogP contribution is 2.32. The van der Waals surface area contributed by atoms with Crippen LogP contribution < -0.4 is 16.0 Å². The first kappa shape index (κ1) is 22.0. The lowest BCUT2D eigenvalue weighted by Crippen LogP contribution is -2.52. The Bertz CT molecular complexity index is 921. The molecule has 0 atom stereocenters. The van der Waals surface area contributed by atoms with Gasteiger partial charge >= 0.3 is 12.0 Å². The minimum atomic E-state index is -0.572. The number of rotatable bonds is 7. The van der Waals surface area contributed by atoms with E-state index in [1.165, 1.54) is 11.3 Å². The van der Waals surface area contributed by atoms with Gasteiger partial charge in [0.15, 0.2) is 5.13 Å². The molecule has 3 amide bonds. The van der Waals surface area contributed by atoms with Crippen molar-refractivity contribution < 1.29 is 19.1 Å². The summed E-state index contributed by atoms with van der Waals surface area (Å²) in [4.78, 5) is 40.7. The number of hydrogen-bond donors (Lipinski definition) is 3. The molecule has 1 aliphatic carbocycles. The first-order valence-electron chi connectivity index (χ1n) is 10.4. The Kier molecular flexibility index (Phi) is 7.25. The molecule has 9 heteroatoms. The number of thiazole rings is 1. The van der Waals surface area contributed by atoms with Gasteiger partial charge in [-0.15, -0.1) is 0 Å². The van der Waals surface area contributed by atoms with E-state index in [-0.39, 0.29) is 24.3 Å². The van der Waals surface area contributed by atoms with E-state index in [1.54, 1.807) is 26.0 Å². The monoisotopic (exact) mass is 432 g/mol. The fourth-order valence-corrected chi connectivity index (χ4v) is 4.59. The Hall–Kier alpha value is -2.68. The van der Waals surface area contributed by atoms with Crippen LogP contribution in [0.25, 0.3) is 10.2 Å². The molecular weight excluding hydrogens is 404 g/mol. The van der Waals surface area contributed by atoms with Gasteiger partial charge in [-0.25, -0.2) is 9.78 Å². The number of amides is 3. The number of carbonyl (C=O) groups is 3. The van der Waals surface area contributed by atoms with Crippen LogP contribution in [0.4, 0.5) is 15.6 Å². The number of ether oxygens (including phenoxy) is 1. The van der Waals surface area contributed by atoms with Gasteiger partial charge < -0.3 is 20.7 Å². The van der Waals surface area contributed by atoms with E-state index >= 15 is 0 Å². The Morgan fingerprint density at radius 2 is 1.90 bits per heavy atom. The SMILES string of the molecule is CCOC(=O)CC1(NC(=O)Nc2ccc3sc(NC(=O)CC)nc3c2)CCCCC1. The Morgan fingerprint density at radius 3 is 2.60 bits per heavy atom. The summed E-state index contributed by atoms with van der Waals surface area (Å²) in [6.45, 7) is 3.89. The molecule has 3 rings (SSSR count). The molecule has 0 radical (unpaired) electrons. The van der Waals surface area contributed by atoms with Crippen LogP contribution in [-0.4, -0.2) is 35.0 Å². The van der Waals surface area contributed by atoms with Crippen LogP contribution in [-0.2, 0) is 14.3 Å². The van der Waals surface area contributed by atoms with Gasteiger partial charge in [0, 0.05) is 12.1 Å². The van der Waals surface area contributed by atoms with Gasteiger partial charge in [0.1, 0.15) is 0 Å². The second kappa shape index (κ2) is 9.88. The average molecular weight is 433 g/mol. The van der Waals surface area contributed by atoms with E-state index in [4.69, 9.17) is 4.74 Å². The maximum absolute atomic E-state index is 12.7. The van der Waals surface area contributed by atoms with Crippen molar-refractivity contribution in [3.63, 3.8) is 0 Å². The predicted octanol–water partition coefficient (Wildman–Crippen LogP) is 4.42. The molecule has 30 heavy (non-hydrogen) atoms. The van der Waals surface area contributed by atoms with Gasteiger partial charge in [-0.2, -0.15) is 0 Å². The predicted molar refractivity (Wildman–Crippen MR) is 118 cm³/mol. The van der Waals surface area contributed by atoms with Crippen LogP contribution >= 0.6 is 11.3 Å². The summed E-state index contributed by atoms with van der Waals surface area (Å²) in [6.07, 6.45) is 5.12. The average Bonchev–Trinajstić information content (AvgIpc) is 3.09. The normalized spacial score (nSPS) is 15.4. The summed E-state index contributed by atoms with van der Waals surface area (Å²) in [5.41, 5.74) is 0.723. The molecule has 0 spiro atoms. The van der Waals surface area contributed by atoms with Crippen molar-refractivity contribution in [3.8, 4) is 0 Å². The van der Waals surface area contributed by atoms with Crippen molar-refractivity contribution in [1.29, 1.82) is 0 Å². The lowest BCUT2D eigenvalue weighted by molar-refractivity contribution is -0.145. The maximum atomic E-state index is 12.7. The molecule has 0 saturated heterocycles. The van der Waals surface area contributed by atoms with Crippen LogP contribution in [0.2, 0.25) is 0 Å². The number of aromatic nitrogens is 1. The smallest absolute Gasteiger partial charge is 0.319 e. The van der Waals surface area contributed by atoms with E-state index in [2.05, 4.69) is 20.9 Å². The van der Waals surface area contributed by atoms with Crippen LogP contribution in [0.15, 0.2) is 18.2 Å². The van der Waals surface area contributed by atoms with Crippen molar-refractivity contribution in [1.82, 2.24) is 10.3 Å². The van der Waals surface area contributed by atoms with Crippen LogP contribution in [0.1, 0.15) is 58.8 Å². The number of urea groups is 1. The van der Waals surface area contributed by atoms with E-state index in [1.807, 2.05) is 6.07 Å². The lowest BCUT2D eigenvalue weighted by Gasteiger charge is -2.37. The van der Waals surface area contributed by atoms with E-state index in [0.29, 0.717) is 29.4 Å². The molecule has 0 aliphatic heterocycles. The molecule has 1 aromatic carbocycles. The first-order valence-corrected chi connectivity index (χ1v) is 11.2.